The van der Waals surface area contributed by atoms with Crippen molar-refractivity contribution in [3.8, 4) is 0 Å². The van der Waals surface area contributed by atoms with Crippen LogP contribution in [0.25, 0.3) is 0 Å². The van der Waals surface area contributed by atoms with Crippen LogP contribution in [0.1, 0.15) is 380 Å². The number of carbonyl (C=O) groups excluding carboxylic acids is 3. The maximum atomic E-state index is 12.9. The second kappa shape index (κ2) is 67.9. The highest BCUT2D eigenvalue weighted by Crippen LogP contribution is 2.18. The minimum atomic E-state index is -0.776. The smallest absolute Gasteiger partial charge is 0.306 e. The zero-order chi connectivity index (χ0) is 57.1. The molecule has 79 heavy (non-hydrogen) atoms. The monoisotopic (exact) mass is 1110 g/mol. The molecule has 6 heteroatoms. The maximum absolute atomic E-state index is 12.9. The minimum absolute atomic E-state index is 0.0733. The van der Waals surface area contributed by atoms with Crippen LogP contribution < -0.4 is 0 Å². The minimum Gasteiger partial charge on any atom is -0.462 e. The average molecular weight is 1110 g/mol. The molecule has 0 heterocycles. The van der Waals surface area contributed by atoms with Crippen molar-refractivity contribution >= 4 is 17.9 Å². The van der Waals surface area contributed by atoms with Gasteiger partial charge in [0.1, 0.15) is 13.2 Å². The summed E-state index contributed by atoms with van der Waals surface area (Å²) < 4.78 is 16.9. The first-order valence-corrected chi connectivity index (χ1v) is 35.1. The van der Waals surface area contributed by atoms with Crippen LogP contribution in [0.15, 0.2) is 48.6 Å². The van der Waals surface area contributed by atoms with Gasteiger partial charge in [0.25, 0.3) is 0 Å². The third kappa shape index (κ3) is 66.1. The van der Waals surface area contributed by atoms with Crippen molar-refractivity contribution in [2.45, 2.75) is 386 Å². The van der Waals surface area contributed by atoms with Gasteiger partial charge < -0.3 is 14.2 Å². The highest BCUT2D eigenvalue weighted by atomic mass is 16.6. The average Bonchev–Trinajstić information content (AvgIpc) is 3.45. The van der Waals surface area contributed by atoms with Crippen molar-refractivity contribution in [1.29, 1.82) is 0 Å². The normalized spacial score (nSPS) is 12.3. The van der Waals surface area contributed by atoms with E-state index in [9.17, 15) is 14.4 Å². The molecule has 0 saturated carbocycles. The molecular formula is C73H134O6. The molecule has 0 N–H and O–H groups in total. The van der Waals surface area contributed by atoms with Crippen LogP contribution in [0.5, 0.6) is 0 Å². The van der Waals surface area contributed by atoms with Gasteiger partial charge in [-0.15, -0.1) is 0 Å². The SMILES string of the molecule is CCC/C=C\C/C=C\CCCCCCCC(=O)OC(COC(=O)CCCCCCCCCCCCCCC)COC(=O)CCCCCCCCCCCCCCCCCCCCCCCCC/C=C\C/C=C\CCCCCCC. The second-order valence-corrected chi connectivity index (χ2v) is 23.8. The topological polar surface area (TPSA) is 78.9 Å². The number of allylic oxidation sites excluding steroid dienone is 8. The van der Waals surface area contributed by atoms with Crippen molar-refractivity contribution in [3.63, 3.8) is 0 Å². The summed E-state index contributed by atoms with van der Waals surface area (Å²) >= 11 is 0. The predicted octanol–water partition coefficient (Wildman–Crippen LogP) is 24.1. The van der Waals surface area contributed by atoms with Crippen LogP contribution in [0.3, 0.4) is 0 Å². The summed E-state index contributed by atoms with van der Waals surface area (Å²) in [5.41, 5.74) is 0. The summed E-state index contributed by atoms with van der Waals surface area (Å²) in [6, 6.07) is 0. The van der Waals surface area contributed by atoms with Gasteiger partial charge in [0, 0.05) is 19.3 Å². The van der Waals surface area contributed by atoms with E-state index in [1.54, 1.807) is 0 Å². The van der Waals surface area contributed by atoms with Crippen molar-refractivity contribution < 1.29 is 28.6 Å². The number of hydrogen-bond donors (Lipinski definition) is 0. The Morgan fingerprint density at radius 1 is 0.253 bits per heavy atom. The zero-order valence-electron chi connectivity index (χ0n) is 53.2. The Labute approximate surface area is 492 Å². The lowest BCUT2D eigenvalue weighted by Crippen LogP contribution is -2.30. The van der Waals surface area contributed by atoms with E-state index < -0.39 is 6.10 Å². The molecule has 1 atom stereocenters. The number of esters is 3. The predicted molar refractivity (Wildman–Crippen MR) is 344 cm³/mol. The lowest BCUT2D eigenvalue weighted by molar-refractivity contribution is -0.167. The quantitative estimate of drug-likeness (QED) is 0.0261. The molecule has 0 saturated heterocycles. The van der Waals surface area contributed by atoms with E-state index in [1.165, 1.54) is 244 Å². The Morgan fingerprint density at radius 3 is 0.747 bits per heavy atom. The Hall–Kier alpha value is -2.63. The van der Waals surface area contributed by atoms with Gasteiger partial charge in [-0.25, -0.2) is 0 Å². The summed E-state index contributed by atoms with van der Waals surface area (Å²) in [5.74, 6) is -0.865. The molecular weight excluding hydrogens is 973 g/mol. The molecule has 0 aromatic carbocycles. The molecule has 0 rings (SSSR count). The standard InChI is InChI=1S/C73H134O6/c1-4-7-10-13-16-19-22-25-26-27-28-29-30-31-32-33-34-35-36-37-38-39-40-41-42-43-44-45-46-49-51-54-57-60-63-66-72(75)78-69-70(79-73(76)67-64-61-58-55-52-48-24-21-18-15-12-9-6-3)68-77-71(74)65-62-59-56-53-50-47-23-20-17-14-11-8-5-2/h12,15,21-22,24-25,27-28,70H,4-11,13-14,16-20,23,26,29-69H2,1-3H3/b15-12-,24-21-,25-22-,28-27-. The first-order valence-electron chi connectivity index (χ1n) is 35.1. The third-order valence-electron chi connectivity index (χ3n) is 15.8. The molecule has 0 aromatic heterocycles. The van der Waals surface area contributed by atoms with Crippen LogP contribution in [-0.4, -0.2) is 37.2 Å². The third-order valence-corrected chi connectivity index (χ3v) is 15.8. The van der Waals surface area contributed by atoms with Crippen LogP contribution >= 0.6 is 0 Å². The van der Waals surface area contributed by atoms with Gasteiger partial charge in [-0.1, -0.05) is 333 Å². The molecule has 0 aliphatic rings. The van der Waals surface area contributed by atoms with E-state index in [1.807, 2.05) is 0 Å². The van der Waals surface area contributed by atoms with E-state index in [2.05, 4.69) is 69.4 Å². The first-order chi connectivity index (χ1) is 39.0. The number of unbranched alkanes of at least 4 members (excludes halogenated alkanes) is 46. The Morgan fingerprint density at radius 2 is 0.481 bits per heavy atom. The van der Waals surface area contributed by atoms with Gasteiger partial charge in [0.2, 0.25) is 0 Å². The maximum Gasteiger partial charge on any atom is 0.306 e. The molecule has 1 unspecified atom stereocenters. The highest BCUT2D eigenvalue weighted by molar-refractivity contribution is 5.71. The summed E-state index contributed by atoms with van der Waals surface area (Å²) in [6.07, 6.45) is 85.9. The first kappa shape index (κ1) is 76.4. The summed E-state index contributed by atoms with van der Waals surface area (Å²) in [7, 11) is 0. The Bertz CT molecular complexity index is 1360. The van der Waals surface area contributed by atoms with Crippen molar-refractivity contribution in [2.24, 2.45) is 0 Å². The second-order valence-electron chi connectivity index (χ2n) is 23.8. The van der Waals surface area contributed by atoms with E-state index in [0.29, 0.717) is 19.3 Å². The molecule has 0 fully saturated rings. The van der Waals surface area contributed by atoms with Crippen LogP contribution in [0, 0.1) is 0 Å². The summed E-state index contributed by atoms with van der Waals surface area (Å²) in [5, 5.41) is 0. The lowest BCUT2D eigenvalue weighted by atomic mass is 10.0. The molecule has 0 spiro atoms. The molecule has 0 bridgehead atoms. The molecule has 0 aliphatic heterocycles. The number of carbonyl (C=O) groups is 3. The largest absolute Gasteiger partial charge is 0.462 e. The molecule has 0 aromatic rings. The van der Waals surface area contributed by atoms with Gasteiger partial charge in [-0.2, -0.15) is 0 Å². The number of rotatable bonds is 65. The highest BCUT2D eigenvalue weighted by Gasteiger charge is 2.19. The van der Waals surface area contributed by atoms with Crippen LogP contribution in [-0.2, 0) is 28.6 Å². The van der Waals surface area contributed by atoms with Gasteiger partial charge in [-0.3, -0.25) is 14.4 Å². The van der Waals surface area contributed by atoms with Crippen molar-refractivity contribution in [2.75, 3.05) is 13.2 Å². The zero-order valence-corrected chi connectivity index (χ0v) is 53.2. The van der Waals surface area contributed by atoms with Gasteiger partial charge in [0.15, 0.2) is 6.10 Å². The van der Waals surface area contributed by atoms with Crippen molar-refractivity contribution in [3.05, 3.63) is 48.6 Å². The molecule has 6 nitrogen and oxygen atoms in total. The summed E-state index contributed by atoms with van der Waals surface area (Å²) in [4.78, 5) is 38.3. The molecule has 0 aliphatic carbocycles. The summed E-state index contributed by atoms with van der Waals surface area (Å²) in [6.45, 7) is 6.61. The fourth-order valence-electron chi connectivity index (χ4n) is 10.5. The van der Waals surface area contributed by atoms with E-state index in [0.717, 1.165) is 96.3 Å². The van der Waals surface area contributed by atoms with Gasteiger partial charge in [-0.05, 0) is 77.0 Å². The number of ether oxygens (including phenoxy) is 3. The van der Waals surface area contributed by atoms with E-state index in [4.69, 9.17) is 14.2 Å². The Balaban J connectivity index is 4.02. The number of hydrogen-bond acceptors (Lipinski definition) is 6. The fraction of sp³-hybridized carbons (Fsp3) is 0.849. The molecule has 0 amide bonds. The van der Waals surface area contributed by atoms with E-state index in [-0.39, 0.29) is 31.1 Å². The van der Waals surface area contributed by atoms with Crippen LogP contribution in [0.2, 0.25) is 0 Å². The van der Waals surface area contributed by atoms with Crippen molar-refractivity contribution in [1.82, 2.24) is 0 Å². The molecule has 0 radical (unpaired) electrons. The van der Waals surface area contributed by atoms with Crippen LogP contribution in [0.4, 0.5) is 0 Å². The molecule has 462 valence electrons. The Kier molecular flexibility index (Phi) is 65.6. The van der Waals surface area contributed by atoms with E-state index >= 15 is 0 Å². The lowest BCUT2D eigenvalue weighted by Gasteiger charge is -2.18. The fourth-order valence-corrected chi connectivity index (χ4v) is 10.5. The van der Waals surface area contributed by atoms with Gasteiger partial charge in [0.05, 0.1) is 0 Å². The van der Waals surface area contributed by atoms with Gasteiger partial charge >= 0.3 is 17.9 Å².